The lowest BCUT2D eigenvalue weighted by Gasteiger charge is -2.16. The molecule has 0 spiro atoms. The zero-order valence-electron chi connectivity index (χ0n) is 18.4. The molecule has 0 aliphatic carbocycles. The molecule has 2 N–H and O–H groups in total. The Morgan fingerprint density at radius 1 is 1.06 bits per heavy atom. The molecule has 0 atom stereocenters. The first-order valence-electron chi connectivity index (χ1n) is 11.1. The first kappa shape index (κ1) is 24.2. The normalized spacial score (nSPS) is 15.7. The van der Waals surface area contributed by atoms with Gasteiger partial charge in [-0.25, -0.2) is 4.99 Å². The van der Waals surface area contributed by atoms with E-state index in [0.717, 1.165) is 66.7 Å². The quantitative estimate of drug-likeness (QED) is 0.314. The van der Waals surface area contributed by atoms with Gasteiger partial charge >= 0.3 is 0 Å². The minimum Gasteiger partial charge on any atom is -0.490 e. The first-order chi connectivity index (χ1) is 15.2. The highest BCUT2D eigenvalue weighted by Crippen LogP contribution is 2.32. The van der Waals surface area contributed by atoms with Gasteiger partial charge in [0.25, 0.3) is 0 Å². The Balaban J connectivity index is 0.00000289. The third-order valence-electron chi connectivity index (χ3n) is 5.29. The van der Waals surface area contributed by atoms with Gasteiger partial charge in [-0.3, -0.25) is 4.79 Å². The van der Waals surface area contributed by atoms with Gasteiger partial charge in [0.05, 0.1) is 19.8 Å². The number of benzene rings is 2. The van der Waals surface area contributed by atoms with Gasteiger partial charge < -0.3 is 25.0 Å². The van der Waals surface area contributed by atoms with Crippen molar-refractivity contribution < 1.29 is 14.3 Å². The maximum Gasteiger partial charge on any atom is 0.227 e. The van der Waals surface area contributed by atoms with E-state index in [4.69, 9.17) is 14.5 Å². The second-order valence-corrected chi connectivity index (χ2v) is 7.74. The number of nitrogens with one attached hydrogen (secondary N) is 2. The van der Waals surface area contributed by atoms with Crippen LogP contribution in [0.3, 0.4) is 0 Å². The van der Waals surface area contributed by atoms with Crippen molar-refractivity contribution in [3.63, 3.8) is 0 Å². The first-order valence-corrected chi connectivity index (χ1v) is 11.1. The lowest BCUT2D eigenvalue weighted by Crippen LogP contribution is -2.31. The van der Waals surface area contributed by atoms with Crippen LogP contribution in [0, 0.1) is 0 Å². The van der Waals surface area contributed by atoms with Crippen molar-refractivity contribution >= 4 is 47.2 Å². The average Bonchev–Trinajstić information content (AvgIpc) is 3.08. The Morgan fingerprint density at radius 3 is 2.56 bits per heavy atom. The van der Waals surface area contributed by atoms with E-state index >= 15 is 0 Å². The Morgan fingerprint density at radius 2 is 1.84 bits per heavy atom. The fraction of sp³-hybridized carbons (Fsp3) is 0.417. The number of amides is 1. The van der Waals surface area contributed by atoms with Crippen LogP contribution in [0.1, 0.15) is 38.2 Å². The Bertz CT molecular complexity index is 933. The number of halogens is 1. The largest absolute Gasteiger partial charge is 0.490 e. The minimum atomic E-state index is 0. The Hall–Kier alpha value is -2.49. The predicted molar refractivity (Wildman–Crippen MR) is 139 cm³/mol. The molecular weight excluding hydrogens is 519 g/mol. The maximum absolute atomic E-state index is 11.9. The van der Waals surface area contributed by atoms with Crippen molar-refractivity contribution in [2.24, 2.45) is 4.99 Å². The van der Waals surface area contributed by atoms with E-state index in [9.17, 15) is 4.79 Å². The van der Waals surface area contributed by atoms with E-state index in [1.165, 1.54) is 0 Å². The molecule has 0 radical (unpaired) electrons. The predicted octanol–water partition coefficient (Wildman–Crippen LogP) is 4.56. The van der Waals surface area contributed by atoms with Gasteiger partial charge in [-0.15, -0.1) is 24.0 Å². The second kappa shape index (κ2) is 11.9. The van der Waals surface area contributed by atoms with E-state index < -0.39 is 0 Å². The number of guanidine groups is 1. The summed E-state index contributed by atoms with van der Waals surface area (Å²) in [5, 5.41) is 6.72. The molecular formula is C24H31IN4O3. The summed E-state index contributed by atoms with van der Waals surface area (Å²) in [6.45, 7) is 5.63. The van der Waals surface area contributed by atoms with Gasteiger partial charge in [-0.05, 0) is 42.7 Å². The van der Waals surface area contributed by atoms with E-state index in [1.807, 2.05) is 47.4 Å². The van der Waals surface area contributed by atoms with E-state index in [2.05, 4.69) is 17.6 Å². The van der Waals surface area contributed by atoms with Crippen molar-refractivity contribution in [1.82, 2.24) is 5.32 Å². The zero-order valence-corrected chi connectivity index (χ0v) is 20.8. The van der Waals surface area contributed by atoms with Crippen molar-refractivity contribution in [2.75, 3.05) is 36.5 Å². The van der Waals surface area contributed by atoms with Gasteiger partial charge in [-0.1, -0.05) is 19.1 Å². The number of fused-ring (bicyclic) bond motifs is 1. The molecule has 172 valence electrons. The molecule has 0 aromatic heterocycles. The molecule has 1 fully saturated rings. The van der Waals surface area contributed by atoms with E-state index in [0.29, 0.717) is 26.2 Å². The topological polar surface area (TPSA) is 75.2 Å². The molecule has 2 aliphatic heterocycles. The number of hydrogen-bond donors (Lipinski definition) is 2. The number of rotatable bonds is 6. The van der Waals surface area contributed by atoms with Crippen molar-refractivity contribution in [3.8, 4) is 11.5 Å². The van der Waals surface area contributed by atoms with Crippen LogP contribution in [0.25, 0.3) is 0 Å². The lowest BCUT2D eigenvalue weighted by atomic mass is 10.2. The highest BCUT2D eigenvalue weighted by Gasteiger charge is 2.21. The molecule has 0 unspecified atom stereocenters. The highest BCUT2D eigenvalue weighted by molar-refractivity contribution is 14.0. The number of nitrogens with zero attached hydrogens (tertiary/aromatic N) is 2. The average molecular weight is 550 g/mol. The molecule has 2 aromatic carbocycles. The number of anilines is 2. The zero-order chi connectivity index (χ0) is 21.5. The number of hydrogen-bond acceptors (Lipinski definition) is 4. The molecule has 8 heteroatoms. The highest BCUT2D eigenvalue weighted by atomic mass is 127. The van der Waals surface area contributed by atoms with Crippen LogP contribution in [-0.2, 0) is 11.3 Å². The number of carbonyl (C=O) groups is 1. The summed E-state index contributed by atoms with van der Waals surface area (Å²) in [7, 11) is 0. The molecule has 7 nitrogen and oxygen atoms in total. The Kier molecular flexibility index (Phi) is 9.01. The molecule has 1 saturated heterocycles. The van der Waals surface area contributed by atoms with Crippen molar-refractivity contribution in [2.45, 2.75) is 39.2 Å². The molecule has 1 amide bonds. The van der Waals surface area contributed by atoms with Crippen LogP contribution in [-0.4, -0.2) is 38.2 Å². The fourth-order valence-electron chi connectivity index (χ4n) is 3.63. The number of aliphatic imine (C=N–C) groups is 1. The standard InChI is InChI=1S/C24H30N4O3.HI/c1-2-12-25-24(27-19-8-11-21-22(16-19)31-15-4-14-30-21)26-17-18-6-9-20(10-7-18)28-13-3-5-23(28)29;/h6-11,16H,2-5,12-15,17H2,1H3,(H2,25,26,27);1H. The van der Waals surface area contributed by atoms with Crippen LogP contribution < -0.4 is 25.0 Å². The minimum absolute atomic E-state index is 0. The second-order valence-electron chi connectivity index (χ2n) is 7.74. The van der Waals surface area contributed by atoms with Gasteiger partial charge in [0, 0.05) is 43.4 Å². The molecule has 2 heterocycles. The molecule has 32 heavy (non-hydrogen) atoms. The molecule has 2 aromatic rings. The number of ether oxygens (including phenoxy) is 2. The van der Waals surface area contributed by atoms with Crippen molar-refractivity contribution in [3.05, 3.63) is 48.0 Å². The molecule has 0 saturated carbocycles. The molecule has 0 bridgehead atoms. The summed E-state index contributed by atoms with van der Waals surface area (Å²) in [5.74, 6) is 2.45. The van der Waals surface area contributed by atoms with Crippen LogP contribution >= 0.6 is 24.0 Å². The summed E-state index contributed by atoms with van der Waals surface area (Å²) in [5.41, 5.74) is 2.95. The smallest absolute Gasteiger partial charge is 0.227 e. The Labute approximate surface area is 206 Å². The third-order valence-corrected chi connectivity index (χ3v) is 5.29. The molecule has 2 aliphatic rings. The van der Waals surface area contributed by atoms with Crippen molar-refractivity contribution in [1.29, 1.82) is 0 Å². The molecule has 4 rings (SSSR count). The van der Waals surface area contributed by atoms with Crippen LogP contribution in [0.2, 0.25) is 0 Å². The number of carbonyl (C=O) groups excluding carboxylic acids is 1. The van der Waals surface area contributed by atoms with Crippen LogP contribution in [0.5, 0.6) is 11.5 Å². The third kappa shape index (κ3) is 6.27. The van der Waals surface area contributed by atoms with Gasteiger partial charge in [0.15, 0.2) is 17.5 Å². The summed E-state index contributed by atoms with van der Waals surface area (Å²) in [6, 6.07) is 13.9. The van der Waals surface area contributed by atoms with E-state index in [1.54, 1.807) is 0 Å². The summed E-state index contributed by atoms with van der Waals surface area (Å²) >= 11 is 0. The maximum atomic E-state index is 11.9. The SMILES string of the molecule is CCCNC(=NCc1ccc(N2CCCC2=O)cc1)Nc1ccc2c(c1)OCCCO2.I. The summed E-state index contributed by atoms with van der Waals surface area (Å²) < 4.78 is 11.5. The van der Waals surface area contributed by atoms with Gasteiger partial charge in [0.2, 0.25) is 5.91 Å². The summed E-state index contributed by atoms with van der Waals surface area (Å²) in [4.78, 5) is 18.5. The lowest BCUT2D eigenvalue weighted by molar-refractivity contribution is -0.117. The van der Waals surface area contributed by atoms with E-state index in [-0.39, 0.29) is 29.9 Å². The van der Waals surface area contributed by atoms with Crippen LogP contribution in [0.4, 0.5) is 11.4 Å². The van der Waals surface area contributed by atoms with Crippen LogP contribution in [0.15, 0.2) is 47.5 Å². The van der Waals surface area contributed by atoms with Gasteiger partial charge in [-0.2, -0.15) is 0 Å². The van der Waals surface area contributed by atoms with Gasteiger partial charge in [0.1, 0.15) is 0 Å². The monoisotopic (exact) mass is 550 g/mol. The summed E-state index contributed by atoms with van der Waals surface area (Å²) in [6.07, 6.45) is 3.46. The fourth-order valence-corrected chi connectivity index (χ4v) is 3.63.